The smallest absolute Gasteiger partial charge is 0.132 e. The van der Waals surface area contributed by atoms with Gasteiger partial charge in [0.1, 0.15) is 11.6 Å². The quantitative estimate of drug-likeness (QED) is 0.579. The molecule has 1 aliphatic rings. The predicted octanol–water partition coefficient (Wildman–Crippen LogP) is 3.33. The Labute approximate surface area is 158 Å². The number of nitrogens with zero attached hydrogens (tertiary/aromatic N) is 2. The van der Waals surface area contributed by atoms with Crippen molar-refractivity contribution in [3.63, 3.8) is 0 Å². The first kappa shape index (κ1) is 20.8. The number of aryl methyl sites for hydroxylation is 2. The number of ether oxygens (including phenoxy) is 1. The average Bonchev–Trinajstić information content (AvgIpc) is 2.66. The highest BCUT2D eigenvalue weighted by molar-refractivity contribution is 5.77. The van der Waals surface area contributed by atoms with Crippen molar-refractivity contribution in [2.75, 3.05) is 45.2 Å². The van der Waals surface area contributed by atoms with Gasteiger partial charge in [-0.05, 0) is 70.2 Å². The van der Waals surface area contributed by atoms with Gasteiger partial charge in [0, 0.05) is 31.8 Å². The van der Waals surface area contributed by atoms with Crippen molar-refractivity contribution in [2.45, 2.75) is 52.4 Å². The summed E-state index contributed by atoms with van der Waals surface area (Å²) in [4.78, 5) is 18.6. The molecule has 0 amide bonds. The van der Waals surface area contributed by atoms with Crippen LogP contribution in [0.5, 0.6) is 0 Å². The second-order valence-electron chi connectivity index (χ2n) is 7.43. The minimum Gasteiger partial charge on any atom is -0.383 e. The van der Waals surface area contributed by atoms with Crippen molar-refractivity contribution in [1.29, 1.82) is 0 Å². The van der Waals surface area contributed by atoms with E-state index in [2.05, 4.69) is 22.3 Å². The topological polar surface area (TPSA) is 54.5 Å². The van der Waals surface area contributed by atoms with E-state index in [1.165, 1.54) is 17.7 Å². The molecule has 0 aliphatic carbocycles. The lowest BCUT2D eigenvalue weighted by atomic mass is 10.0. The Kier molecular flexibility index (Phi) is 9.06. The van der Waals surface area contributed by atoms with Crippen LogP contribution in [0.1, 0.15) is 50.8 Å². The van der Waals surface area contributed by atoms with Crippen LogP contribution in [0.4, 0.5) is 5.82 Å². The van der Waals surface area contributed by atoms with Crippen molar-refractivity contribution in [2.24, 2.45) is 5.92 Å². The zero-order valence-corrected chi connectivity index (χ0v) is 16.7. The van der Waals surface area contributed by atoms with Crippen LogP contribution in [0.2, 0.25) is 0 Å². The van der Waals surface area contributed by atoms with Crippen LogP contribution in [0.3, 0.4) is 0 Å². The fraction of sp³-hybridized carbons (Fsp3) is 0.714. The van der Waals surface area contributed by atoms with Gasteiger partial charge in [-0.3, -0.25) is 4.79 Å². The summed E-state index contributed by atoms with van der Waals surface area (Å²) in [5, 5.41) is 3.41. The number of carbonyl (C=O) groups excluding carboxylic acids is 1. The van der Waals surface area contributed by atoms with Crippen molar-refractivity contribution < 1.29 is 9.53 Å². The number of hydrogen-bond acceptors (Lipinski definition) is 5. The summed E-state index contributed by atoms with van der Waals surface area (Å²) in [7, 11) is 1.74. The Morgan fingerprint density at radius 2 is 2.15 bits per heavy atom. The maximum absolute atomic E-state index is 11.4. The molecule has 0 radical (unpaired) electrons. The second kappa shape index (κ2) is 11.3. The van der Waals surface area contributed by atoms with Crippen LogP contribution in [0.15, 0.2) is 12.1 Å². The summed E-state index contributed by atoms with van der Waals surface area (Å²) in [6.07, 6.45) is 6.58. The zero-order chi connectivity index (χ0) is 18.8. The van der Waals surface area contributed by atoms with Crippen LogP contribution in [-0.2, 0) is 22.4 Å². The highest BCUT2D eigenvalue weighted by atomic mass is 16.5. The molecule has 1 aromatic rings. The van der Waals surface area contributed by atoms with Gasteiger partial charge in [-0.1, -0.05) is 13.0 Å². The fourth-order valence-corrected chi connectivity index (χ4v) is 3.28. The summed E-state index contributed by atoms with van der Waals surface area (Å²) in [5.41, 5.74) is 2.54. The van der Waals surface area contributed by atoms with Gasteiger partial charge in [0.05, 0.1) is 6.61 Å². The largest absolute Gasteiger partial charge is 0.383 e. The van der Waals surface area contributed by atoms with Gasteiger partial charge in [-0.2, -0.15) is 0 Å². The third-order valence-corrected chi connectivity index (χ3v) is 5.29. The Hall–Kier alpha value is -1.46. The maximum atomic E-state index is 11.4. The number of aromatic nitrogens is 1. The second-order valence-corrected chi connectivity index (χ2v) is 7.43. The number of fused-ring (bicyclic) bond motifs is 1. The van der Waals surface area contributed by atoms with E-state index >= 15 is 0 Å². The van der Waals surface area contributed by atoms with Gasteiger partial charge in [0.2, 0.25) is 0 Å². The van der Waals surface area contributed by atoms with Gasteiger partial charge in [0.25, 0.3) is 0 Å². The Morgan fingerprint density at radius 1 is 1.31 bits per heavy atom. The number of Topliss-reactive ketones (excluding diaryl/α,β-unsaturated/α-hetero) is 1. The van der Waals surface area contributed by atoms with Crippen LogP contribution >= 0.6 is 0 Å². The van der Waals surface area contributed by atoms with Crippen LogP contribution < -0.4 is 5.32 Å². The normalized spacial score (nSPS) is 14.8. The average molecular weight is 362 g/mol. The lowest BCUT2D eigenvalue weighted by molar-refractivity contribution is -0.120. The molecule has 1 aliphatic heterocycles. The molecule has 0 aromatic carbocycles. The van der Waals surface area contributed by atoms with E-state index in [1.54, 1.807) is 14.0 Å². The Bertz CT molecular complexity index is 562. The standard InChI is InChI=1S/C21H35N3O2/c1-17(18(2)25)11-14-24(15-16-26-3)13-5-4-8-20-10-9-19-7-6-12-22-21(19)23-20/h9-10,17H,4-8,11-16H2,1-3H3,(H,22,23). The maximum Gasteiger partial charge on any atom is 0.132 e. The van der Waals surface area contributed by atoms with Crippen molar-refractivity contribution in [1.82, 2.24) is 9.88 Å². The third-order valence-electron chi connectivity index (χ3n) is 5.29. The molecule has 5 nitrogen and oxygen atoms in total. The molecule has 5 heteroatoms. The number of ketones is 1. The molecule has 0 saturated carbocycles. The lowest BCUT2D eigenvalue weighted by Gasteiger charge is -2.23. The molecule has 1 unspecified atom stereocenters. The van der Waals surface area contributed by atoms with Gasteiger partial charge >= 0.3 is 0 Å². The zero-order valence-electron chi connectivity index (χ0n) is 16.7. The summed E-state index contributed by atoms with van der Waals surface area (Å²) in [6.45, 7) is 8.44. The number of nitrogens with one attached hydrogen (secondary N) is 1. The fourth-order valence-electron chi connectivity index (χ4n) is 3.28. The van der Waals surface area contributed by atoms with E-state index < -0.39 is 0 Å². The molecule has 2 heterocycles. The molecule has 0 saturated heterocycles. The molecule has 0 fully saturated rings. The van der Waals surface area contributed by atoms with Crippen molar-refractivity contribution in [3.8, 4) is 0 Å². The summed E-state index contributed by atoms with van der Waals surface area (Å²) < 4.78 is 5.23. The van der Waals surface area contributed by atoms with Gasteiger partial charge in [0.15, 0.2) is 0 Å². The molecule has 1 aromatic heterocycles. The lowest BCUT2D eigenvalue weighted by Crippen LogP contribution is -2.31. The number of hydrogen-bond donors (Lipinski definition) is 1. The van der Waals surface area contributed by atoms with E-state index in [4.69, 9.17) is 9.72 Å². The minimum atomic E-state index is 0.146. The number of rotatable bonds is 12. The van der Waals surface area contributed by atoms with E-state index in [9.17, 15) is 4.79 Å². The number of unbranched alkanes of at least 4 members (excludes halogenated alkanes) is 1. The van der Waals surface area contributed by atoms with E-state index in [1.807, 2.05) is 6.92 Å². The highest BCUT2D eigenvalue weighted by Crippen LogP contribution is 2.20. The molecular weight excluding hydrogens is 326 g/mol. The summed E-state index contributed by atoms with van der Waals surface area (Å²) in [5.74, 6) is 1.52. The number of pyridine rings is 1. The van der Waals surface area contributed by atoms with Crippen molar-refractivity contribution in [3.05, 3.63) is 23.4 Å². The first-order chi connectivity index (χ1) is 12.6. The minimum absolute atomic E-state index is 0.146. The highest BCUT2D eigenvalue weighted by Gasteiger charge is 2.12. The molecule has 0 spiro atoms. The molecule has 2 rings (SSSR count). The SMILES string of the molecule is COCCN(CCCCc1ccc2c(n1)NCCC2)CCC(C)C(C)=O. The monoisotopic (exact) mass is 361 g/mol. The Balaban J connectivity index is 1.73. The molecule has 146 valence electrons. The first-order valence-electron chi connectivity index (χ1n) is 10.0. The van der Waals surface area contributed by atoms with E-state index in [-0.39, 0.29) is 11.7 Å². The van der Waals surface area contributed by atoms with Gasteiger partial charge in [-0.15, -0.1) is 0 Å². The van der Waals surface area contributed by atoms with Crippen LogP contribution in [-0.4, -0.2) is 55.6 Å². The third kappa shape index (κ3) is 7.04. The van der Waals surface area contributed by atoms with Crippen LogP contribution in [0, 0.1) is 5.92 Å². The summed E-state index contributed by atoms with van der Waals surface area (Å²) >= 11 is 0. The first-order valence-corrected chi connectivity index (χ1v) is 10.0. The van der Waals surface area contributed by atoms with E-state index in [0.29, 0.717) is 0 Å². The number of anilines is 1. The van der Waals surface area contributed by atoms with E-state index in [0.717, 1.165) is 70.7 Å². The number of methoxy groups -OCH3 is 1. The van der Waals surface area contributed by atoms with Crippen molar-refractivity contribution >= 4 is 11.6 Å². The Morgan fingerprint density at radius 3 is 2.92 bits per heavy atom. The molecule has 26 heavy (non-hydrogen) atoms. The van der Waals surface area contributed by atoms with Gasteiger partial charge in [-0.25, -0.2) is 4.98 Å². The molecule has 1 N–H and O–H groups in total. The number of carbonyl (C=O) groups is 1. The molecule has 0 bridgehead atoms. The molecular formula is C21H35N3O2. The predicted molar refractivity (Wildman–Crippen MR) is 107 cm³/mol. The summed E-state index contributed by atoms with van der Waals surface area (Å²) in [6, 6.07) is 4.42. The molecule has 1 atom stereocenters. The van der Waals surface area contributed by atoms with Gasteiger partial charge < -0.3 is 15.0 Å². The van der Waals surface area contributed by atoms with Crippen LogP contribution in [0.25, 0.3) is 0 Å².